The summed E-state index contributed by atoms with van der Waals surface area (Å²) < 4.78 is 53.4. The molecule has 0 bridgehead atoms. The highest BCUT2D eigenvalue weighted by atomic mass is 32.2. The molecular formula is C31H40F2N4O4S2. The van der Waals surface area contributed by atoms with E-state index in [0.717, 1.165) is 61.3 Å². The molecule has 8 nitrogen and oxygen atoms in total. The van der Waals surface area contributed by atoms with E-state index in [1.54, 1.807) is 0 Å². The smallest absolute Gasteiger partial charge is 0.271 e. The number of thiazole rings is 1. The van der Waals surface area contributed by atoms with Crippen molar-refractivity contribution in [3.63, 3.8) is 0 Å². The molecule has 2 unspecified atom stereocenters. The standard InChI is InChI=1S/C31H40F2N4O4S2/c1-30(2,3)21-9-8-10-22(16-21)31(11-6-5-7-12-31)34-18-27(38)25(15-20-13-23(32)17-24(33)14-20)35-28(39)26-19-42-29(36-26)37-43(4,40)41/h8-10,13-14,16-17,19,25,27,34,38H,5-7,11-12,15,18H2,1-4H3,(H,35,39)(H,36,37). The second-order valence-electron chi connectivity index (χ2n) is 12.4. The average molecular weight is 635 g/mol. The third kappa shape index (κ3) is 9.04. The van der Waals surface area contributed by atoms with Gasteiger partial charge in [0.2, 0.25) is 10.0 Å². The van der Waals surface area contributed by atoms with E-state index in [1.807, 2.05) is 0 Å². The predicted octanol–water partition coefficient (Wildman–Crippen LogP) is 5.24. The summed E-state index contributed by atoms with van der Waals surface area (Å²) in [5, 5.41) is 19.3. The first-order valence-electron chi connectivity index (χ1n) is 14.4. The maximum absolute atomic E-state index is 14.0. The fourth-order valence-corrected chi connectivity index (χ4v) is 7.08. The molecule has 1 heterocycles. The summed E-state index contributed by atoms with van der Waals surface area (Å²) in [7, 11) is -3.59. The Morgan fingerprint density at radius 2 is 1.77 bits per heavy atom. The van der Waals surface area contributed by atoms with Crippen LogP contribution in [-0.2, 0) is 27.4 Å². The molecule has 1 aromatic heterocycles. The van der Waals surface area contributed by atoms with Gasteiger partial charge in [-0.1, -0.05) is 64.3 Å². The highest BCUT2D eigenvalue weighted by Gasteiger charge is 2.36. The minimum Gasteiger partial charge on any atom is -0.390 e. The average Bonchev–Trinajstić information content (AvgIpc) is 3.38. The molecule has 0 saturated heterocycles. The van der Waals surface area contributed by atoms with Crippen molar-refractivity contribution in [2.45, 2.75) is 82.4 Å². The van der Waals surface area contributed by atoms with Crippen molar-refractivity contribution >= 4 is 32.4 Å². The Morgan fingerprint density at radius 3 is 2.40 bits per heavy atom. The normalized spacial score (nSPS) is 16.8. The zero-order valence-electron chi connectivity index (χ0n) is 24.9. The molecule has 1 aliphatic rings. The zero-order valence-corrected chi connectivity index (χ0v) is 26.5. The lowest BCUT2D eigenvalue weighted by molar-refractivity contribution is 0.0785. The maximum atomic E-state index is 14.0. The van der Waals surface area contributed by atoms with E-state index in [4.69, 9.17) is 0 Å². The Balaban J connectivity index is 1.57. The van der Waals surface area contributed by atoms with E-state index in [2.05, 4.69) is 65.4 Å². The van der Waals surface area contributed by atoms with Crippen molar-refractivity contribution in [1.29, 1.82) is 0 Å². The van der Waals surface area contributed by atoms with Gasteiger partial charge in [0.1, 0.15) is 17.3 Å². The third-order valence-corrected chi connectivity index (χ3v) is 9.26. The molecular weight excluding hydrogens is 594 g/mol. The van der Waals surface area contributed by atoms with Crippen molar-refractivity contribution in [1.82, 2.24) is 15.6 Å². The topological polar surface area (TPSA) is 120 Å². The Labute approximate surface area is 256 Å². The van der Waals surface area contributed by atoms with Gasteiger partial charge in [0.05, 0.1) is 18.4 Å². The van der Waals surface area contributed by atoms with Gasteiger partial charge in [-0.15, -0.1) is 11.3 Å². The van der Waals surface area contributed by atoms with Crippen LogP contribution in [0.3, 0.4) is 0 Å². The van der Waals surface area contributed by atoms with Crippen LogP contribution in [0.2, 0.25) is 0 Å². The molecule has 234 valence electrons. The van der Waals surface area contributed by atoms with Crippen molar-refractivity contribution in [3.05, 3.63) is 81.9 Å². The van der Waals surface area contributed by atoms with Gasteiger partial charge in [0.15, 0.2) is 5.13 Å². The molecule has 0 aliphatic heterocycles. The zero-order chi connectivity index (χ0) is 31.4. The van der Waals surface area contributed by atoms with E-state index in [0.29, 0.717) is 0 Å². The van der Waals surface area contributed by atoms with E-state index in [1.165, 1.54) is 23.1 Å². The van der Waals surface area contributed by atoms with Crippen molar-refractivity contribution < 1.29 is 27.1 Å². The van der Waals surface area contributed by atoms with E-state index >= 15 is 0 Å². The van der Waals surface area contributed by atoms with E-state index in [9.17, 15) is 27.1 Å². The fraction of sp³-hybridized carbons (Fsp3) is 0.484. The number of halogens is 2. The number of benzene rings is 2. The van der Waals surface area contributed by atoms with Crippen LogP contribution in [-0.4, -0.2) is 49.4 Å². The van der Waals surface area contributed by atoms with Gasteiger partial charge in [-0.3, -0.25) is 9.52 Å². The number of anilines is 1. The molecule has 0 radical (unpaired) electrons. The lowest BCUT2D eigenvalue weighted by Gasteiger charge is -2.41. The first kappa shape index (κ1) is 33.0. The van der Waals surface area contributed by atoms with Crippen molar-refractivity contribution in [3.8, 4) is 0 Å². The second kappa shape index (κ2) is 13.4. The molecule has 1 aliphatic carbocycles. The van der Waals surface area contributed by atoms with Crippen LogP contribution in [0.5, 0.6) is 0 Å². The predicted molar refractivity (Wildman–Crippen MR) is 166 cm³/mol. The monoisotopic (exact) mass is 634 g/mol. The molecule has 2 aromatic carbocycles. The lowest BCUT2D eigenvalue weighted by atomic mass is 9.74. The third-order valence-electron chi connectivity index (χ3n) is 7.81. The number of amides is 1. The summed E-state index contributed by atoms with van der Waals surface area (Å²) >= 11 is 0.941. The van der Waals surface area contributed by atoms with Crippen LogP contribution in [0.25, 0.3) is 0 Å². The summed E-state index contributed by atoms with van der Waals surface area (Å²) in [4.78, 5) is 17.2. The number of carbonyl (C=O) groups is 1. The highest BCUT2D eigenvalue weighted by Crippen LogP contribution is 2.38. The number of aromatic nitrogens is 1. The number of rotatable bonds is 11. The van der Waals surface area contributed by atoms with Crippen LogP contribution in [0, 0.1) is 11.6 Å². The van der Waals surface area contributed by atoms with E-state index < -0.39 is 39.7 Å². The van der Waals surface area contributed by atoms with Crippen molar-refractivity contribution in [2.24, 2.45) is 0 Å². The largest absolute Gasteiger partial charge is 0.390 e. The van der Waals surface area contributed by atoms with Crippen LogP contribution in [0.4, 0.5) is 13.9 Å². The first-order valence-corrected chi connectivity index (χ1v) is 17.1. The van der Waals surface area contributed by atoms with Crippen LogP contribution in [0.15, 0.2) is 47.8 Å². The van der Waals surface area contributed by atoms with Gasteiger partial charge >= 0.3 is 0 Å². The van der Waals surface area contributed by atoms with E-state index in [-0.39, 0.29) is 40.3 Å². The molecule has 0 spiro atoms. The Morgan fingerprint density at radius 1 is 1.09 bits per heavy atom. The maximum Gasteiger partial charge on any atom is 0.271 e. The Kier molecular flexibility index (Phi) is 10.3. The second-order valence-corrected chi connectivity index (χ2v) is 15.0. The van der Waals surface area contributed by atoms with Gasteiger partial charge in [-0.25, -0.2) is 22.2 Å². The fourth-order valence-electron chi connectivity index (χ4n) is 5.54. The van der Waals surface area contributed by atoms with Gasteiger partial charge < -0.3 is 15.7 Å². The van der Waals surface area contributed by atoms with Gasteiger partial charge in [0.25, 0.3) is 5.91 Å². The number of sulfonamides is 1. The minimum absolute atomic E-state index is 0.0235. The summed E-state index contributed by atoms with van der Waals surface area (Å²) in [5.74, 6) is -2.17. The van der Waals surface area contributed by atoms with Gasteiger partial charge in [-0.2, -0.15) is 0 Å². The van der Waals surface area contributed by atoms with Crippen molar-refractivity contribution in [2.75, 3.05) is 17.5 Å². The first-order chi connectivity index (χ1) is 20.1. The van der Waals surface area contributed by atoms with Gasteiger partial charge in [0, 0.05) is 23.5 Å². The molecule has 1 fully saturated rings. The molecule has 12 heteroatoms. The number of aliphatic hydroxyl groups is 1. The Bertz CT molecular complexity index is 1510. The number of carbonyl (C=O) groups excluding carboxylic acids is 1. The van der Waals surface area contributed by atoms with Crippen LogP contribution >= 0.6 is 11.3 Å². The Hall–Kier alpha value is -2.93. The number of nitrogens with zero attached hydrogens (tertiary/aromatic N) is 1. The lowest BCUT2D eigenvalue weighted by Crippen LogP contribution is -2.53. The minimum atomic E-state index is -3.59. The number of hydrogen-bond donors (Lipinski definition) is 4. The molecule has 1 saturated carbocycles. The summed E-state index contributed by atoms with van der Waals surface area (Å²) in [6.45, 7) is 6.62. The quantitative estimate of drug-likeness (QED) is 0.229. The molecule has 43 heavy (non-hydrogen) atoms. The number of hydrogen-bond acceptors (Lipinski definition) is 7. The summed E-state index contributed by atoms with van der Waals surface area (Å²) in [6.07, 6.45) is 4.74. The van der Waals surface area contributed by atoms with Crippen LogP contribution in [0.1, 0.15) is 80.1 Å². The van der Waals surface area contributed by atoms with Crippen LogP contribution < -0.4 is 15.4 Å². The summed E-state index contributed by atoms with van der Waals surface area (Å²) in [6, 6.07) is 10.7. The van der Waals surface area contributed by atoms with Gasteiger partial charge in [-0.05, 0) is 53.5 Å². The molecule has 3 aromatic rings. The molecule has 2 atom stereocenters. The highest BCUT2D eigenvalue weighted by molar-refractivity contribution is 7.92. The molecule has 4 N–H and O–H groups in total. The SMILES string of the molecule is CC(C)(C)c1cccc(C2(NCC(O)C(Cc3cc(F)cc(F)c3)NC(=O)c3csc(NS(C)(=O)=O)n3)CCCCC2)c1. The molecule has 4 rings (SSSR count). The summed E-state index contributed by atoms with van der Waals surface area (Å²) in [5.41, 5.74) is 2.17. The number of aliphatic hydroxyl groups excluding tert-OH is 1. The number of nitrogens with one attached hydrogen (secondary N) is 3. The molecule has 1 amide bonds.